The number of alkyl halides is 3. The van der Waals surface area contributed by atoms with E-state index in [1.54, 1.807) is 12.1 Å². The third kappa shape index (κ3) is 4.37. The Morgan fingerprint density at radius 1 is 1.33 bits per heavy atom. The number of aryl methyl sites for hydroxylation is 1. The zero-order valence-electron chi connectivity index (χ0n) is 10.2. The van der Waals surface area contributed by atoms with Gasteiger partial charge >= 0.3 is 0 Å². The highest BCUT2D eigenvalue weighted by atomic mass is 79.9. The van der Waals surface area contributed by atoms with Gasteiger partial charge in [-0.15, -0.1) is 0 Å². The van der Waals surface area contributed by atoms with Crippen LogP contribution in [0.15, 0.2) is 24.3 Å². The van der Waals surface area contributed by atoms with E-state index < -0.39 is 13.0 Å². The van der Waals surface area contributed by atoms with Crippen LogP contribution in [0.1, 0.15) is 22.8 Å². The average molecular weight is 320 g/mol. The fourth-order valence-corrected chi connectivity index (χ4v) is 2.04. The SMILES string of the molecule is CCc1ccc(C(=O)N(CCBr)CC(F)F)cc1. The number of rotatable bonds is 6. The molecule has 2 nitrogen and oxygen atoms in total. The van der Waals surface area contributed by atoms with E-state index >= 15 is 0 Å². The summed E-state index contributed by atoms with van der Waals surface area (Å²) in [5.74, 6) is -0.350. The monoisotopic (exact) mass is 319 g/mol. The maximum Gasteiger partial charge on any atom is 0.255 e. The summed E-state index contributed by atoms with van der Waals surface area (Å²) < 4.78 is 24.8. The van der Waals surface area contributed by atoms with Gasteiger partial charge in [0.05, 0.1) is 6.54 Å². The average Bonchev–Trinajstić information content (AvgIpc) is 2.37. The standard InChI is InChI=1S/C13H16BrF2NO/c1-2-10-3-5-11(6-4-10)13(18)17(8-7-14)9-12(15)16/h3-6,12H,2,7-9H2,1H3. The lowest BCUT2D eigenvalue weighted by molar-refractivity contribution is 0.0572. The minimum atomic E-state index is -2.51. The quantitative estimate of drug-likeness (QED) is 0.736. The minimum absolute atomic E-state index is 0.276. The van der Waals surface area contributed by atoms with Crippen molar-refractivity contribution in [1.29, 1.82) is 0 Å². The Kier molecular flexibility index (Phi) is 6.25. The molecule has 0 N–H and O–H groups in total. The van der Waals surface area contributed by atoms with Crippen LogP contribution in [0.2, 0.25) is 0 Å². The van der Waals surface area contributed by atoms with Crippen LogP contribution in [-0.4, -0.2) is 35.7 Å². The fourth-order valence-electron chi connectivity index (χ4n) is 1.61. The summed E-state index contributed by atoms with van der Waals surface area (Å²) in [6.07, 6.45) is -1.63. The summed E-state index contributed by atoms with van der Waals surface area (Å²) in [7, 11) is 0. The molecule has 5 heteroatoms. The molecule has 0 radical (unpaired) electrons. The number of carbonyl (C=O) groups is 1. The van der Waals surface area contributed by atoms with Crippen LogP contribution >= 0.6 is 15.9 Å². The second-order valence-corrected chi connectivity index (χ2v) is 4.67. The molecule has 0 atom stereocenters. The number of hydrogen-bond donors (Lipinski definition) is 0. The largest absolute Gasteiger partial charge is 0.332 e. The van der Waals surface area contributed by atoms with Crippen LogP contribution in [0.4, 0.5) is 8.78 Å². The maximum atomic E-state index is 12.4. The molecular formula is C13H16BrF2NO. The van der Waals surface area contributed by atoms with E-state index in [1.807, 2.05) is 19.1 Å². The highest BCUT2D eigenvalue weighted by Crippen LogP contribution is 2.10. The molecule has 1 aromatic carbocycles. The predicted molar refractivity (Wildman–Crippen MR) is 71.5 cm³/mol. The van der Waals surface area contributed by atoms with E-state index in [0.717, 1.165) is 12.0 Å². The zero-order valence-corrected chi connectivity index (χ0v) is 11.8. The van der Waals surface area contributed by atoms with Gasteiger partial charge in [-0.1, -0.05) is 35.0 Å². The van der Waals surface area contributed by atoms with Crippen LogP contribution in [0.5, 0.6) is 0 Å². The van der Waals surface area contributed by atoms with Gasteiger partial charge in [0, 0.05) is 17.4 Å². The molecule has 0 unspecified atom stereocenters. The first-order valence-corrected chi connectivity index (χ1v) is 6.93. The van der Waals surface area contributed by atoms with Crippen molar-refractivity contribution in [3.05, 3.63) is 35.4 Å². The van der Waals surface area contributed by atoms with Gasteiger partial charge < -0.3 is 4.90 Å². The van der Waals surface area contributed by atoms with Crippen LogP contribution in [0.25, 0.3) is 0 Å². The van der Waals surface area contributed by atoms with Crippen molar-refractivity contribution in [2.24, 2.45) is 0 Å². The summed E-state index contributed by atoms with van der Waals surface area (Å²) in [4.78, 5) is 13.2. The Morgan fingerprint density at radius 3 is 2.39 bits per heavy atom. The van der Waals surface area contributed by atoms with Crippen LogP contribution in [0, 0.1) is 0 Å². The number of hydrogen-bond acceptors (Lipinski definition) is 1. The number of amides is 1. The molecule has 1 rings (SSSR count). The molecule has 1 aromatic rings. The van der Waals surface area contributed by atoms with Crippen molar-refractivity contribution in [3.8, 4) is 0 Å². The maximum absolute atomic E-state index is 12.4. The van der Waals surface area contributed by atoms with Crippen molar-refractivity contribution < 1.29 is 13.6 Å². The molecule has 0 aliphatic carbocycles. The van der Waals surface area contributed by atoms with Gasteiger partial charge in [-0.3, -0.25) is 4.79 Å². The predicted octanol–water partition coefficient (Wildman–Crippen LogP) is 3.35. The summed E-state index contributed by atoms with van der Waals surface area (Å²) in [5.41, 5.74) is 1.57. The van der Waals surface area contributed by atoms with Crippen molar-refractivity contribution >= 4 is 21.8 Å². The lowest BCUT2D eigenvalue weighted by Gasteiger charge is -2.21. The minimum Gasteiger partial charge on any atom is -0.332 e. The smallest absolute Gasteiger partial charge is 0.255 e. The molecular weight excluding hydrogens is 304 g/mol. The van der Waals surface area contributed by atoms with E-state index in [4.69, 9.17) is 0 Å². The number of benzene rings is 1. The zero-order chi connectivity index (χ0) is 13.5. The number of nitrogens with zero attached hydrogens (tertiary/aromatic N) is 1. The van der Waals surface area contributed by atoms with Crippen molar-refractivity contribution in [1.82, 2.24) is 4.90 Å². The van der Waals surface area contributed by atoms with Crippen molar-refractivity contribution in [2.45, 2.75) is 19.8 Å². The third-order valence-electron chi connectivity index (χ3n) is 2.61. The molecule has 0 fully saturated rings. The molecule has 1 amide bonds. The highest BCUT2D eigenvalue weighted by molar-refractivity contribution is 9.09. The normalized spacial score (nSPS) is 10.7. The van der Waals surface area contributed by atoms with Crippen molar-refractivity contribution in [3.63, 3.8) is 0 Å². The molecule has 0 aromatic heterocycles. The van der Waals surface area contributed by atoms with Gasteiger partial charge in [0.15, 0.2) is 0 Å². The molecule has 0 saturated heterocycles. The summed E-state index contributed by atoms with van der Waals surface area (Å²) in [5, 5.41) is 0.485. The van der Waals surface area contributed by atoms with Crippen LogP contribution in [0.3, 0.4) is 0 Å². The molecule has 100 valence electrons. The first-order valence-electron chi connectivity index (χ1n) is 5.80. The Bertz CT molecular complexity index is 381. The first-order chi connectivity index (χ1) is 8.58. The lowest BCUT2D eigenvalue weighted by atomic mass is 10.1. The van der Waals surface area contributed by atoms with Crippen molar-refractivity contribution in [2.75, 3.05) is 18.4 Å². The van der Waals surface area contributed by atoms with E-state index in [-0.39, 0.29) is 12.5 Å². The molecule has 0 aliphatic rings. The van der Waals surface area contributed by atoms with Gasteiger partial charge in [-0.05, 0) is 24.1 Å². The molecule has 0 heterocycles. The van der Waals surface area contributed by atoms with Gasteiger partial charge in [0.1, 0.15) is 0 Å². The summed E-state index contributed by atoms with van der Waals surface area (Å²) in [6.45, 7) is 1.77. The van der Waals surface area contributed by atoms with Gasteiger partial charge in [-0.25, -0.2) is 8.78 Å². The van der Waals surface area contributed by atoms with E-state index in [9.17, 15) is 13.6 Å². The Balaban J connectivity index is 2.80. The summed E-state index contributed by atoms with van der Waals surface area (Å²) in [6, 6.07) is 7.07. The lowest BCUT2D eigenvalue weighted by Crippen LogP contribution is -2.36. The number of carbonyl (C=O) groups excluding carboxylic acids is 1. The summed E-state index contributed by atoms with van der Waals surface area (Å²) >= 11 is 3.16. The molecule has 0 aliphatic heterocycles. The van der Waals surface area contributed by atoms with Gasteiger partial charge in [0.2, 0.25) is 0 Å². The van der Waals surface area contributed by atoms with E-state index in [0.29, 0.717) is 10.9 Å². The second-order valence-electron chi connectivity index (χ2n) is 3.88. The molecule has 0 spiro atoms. The van der Waals surface area contributed by atoms with Crippen LogP contribution < -0.4 is 0 Å². The van der Waals surface area contributed by atoms with Crippen LogP contribution in [-0.2, 0) is 6.42 Å². The Morgan fingerprint density at radius 2 is 1.94 bits per heavy atom. The van der Waals surface area contributed by atoms with Gasteiger partial charge in [0.25, 0.3) is 12.3 Å². The topological polar surface area (TPSA) is 20.3 Å². The Labute approximate surface area is 114 Å². The Hall–Kier alpha value is -0.970. The third-order valence-corrected chi connectivity index (χ3v) is 2.96. The first kappa shape index (κ1) is 15.1. The molecule has 0 saturated carbocycles. The van der Waals surface area contributed by atoms with E-state index in [2.05, 4.69) is 15.9 Å². The molecule has 18 heavy (non-hydrogen) atoms. The van der Waals surface area contributed by atoms with E-state index in [1.165, 1.54) is 4.90 Å². The van der Waals surface area contributed by atoms with Gasteiger partial charge in [-0.2, -0.15) is 0 Å². The molecule has 0 bridgehead atoms. The number of halogens is 3. The fraction of sp³-hybridized carbons (Fsp3) is 0.462. The highest BCUT2D eigenvalue weighted by Gasteiger charge is 2.18. The second kappa shape index (κ2) is 7.46.